The molecule has 0 radical (unpaired) electrons. The standard InChI is InChI=1S/C5H10O5S2.Na/c6-11(7)3-1-5(2-4-11)12(8,9)10;/h5H,1-4H2,(H,8,9,10);/q;+1/p-1. The van der Waals surface area contributed by atoms with E-state index in [1.54, 1.807) is 0 Å². The number of hydrogen-bond acceptors (Lipinski definition) is 5. The van der Waals surface area contributed by atoms with Crippen LogP contribution in [0, 0.1) is 0 Å². The molecule has 0 amide bonds. The summed E-state index contributed by atoms with van der Waals surface area (Å²) in [5.41, 5.74) is 0. The van der Waals surface area contributed by atoms with Crippen molar-refractivity contribution in [3.8, 4) is 0 Å². The Labute approximate surface area is 99.9 Å². The summed E-state index contributed by atoms with van der Waals surface area (Å²) in [6.45, 7) is 0. The maximum absolute atomic E-state index is 10.8. The summed E-state index contributed by atoms with van der Waals surface area (Å²) in [7, 11) is -7.37. The third-order valence-electron chi connectivity index (χ3n) is 1.91. The molecule has 0 N–H and O–H groups in total. The molecule has 0 aromatic carbocycles. The summed E-state index contributed by atoms with van der Waals surface area (Å²) >= 11 is 0. The monoisotopic (exact) mass is 236 g/mol. The van der Waals surface area contributed by atoms with E-state index in [4.69, 9.17) is 0 Å². The second kappa shape index (κ2) is 4.59. The SMILES string of the molecule is O=S1(=O)CCC(S(=O)(=O)[O-])CC1.[Na+]. The topological polar surface area (TPSA) is 91.3 Å². The molecule has 8 heteroatoms. The van der Waals surface area contributed by atoms with Crippen LogP contribution in [0.15, 0.2) is 0 Å². The average molecular weight is 236 g/mol. The maximum Gasteiger partial charge on any atom is 1.00 e. The molecule has 72 valence electrons. The third kappa shape index (κ3) is 4.26. The van der Waals surface area contributed by atoms with Gasteiger partial charge in [0, 0.05) is 0 Å². The molecule has 0 saturated carbocycles. The van der Waals surface area contributed by atoms with E-state index in [1.807, 2.05) is 0 Å². The van der Waals surface area contributed by atoms with Crippen molar-refractivity contribution >= 4 is 20.0 Å². The van der Waals surface area contributed by atoms with Gasteiger partial charge in [-0.05, 0) is 12.8 Å². The second-order valence-electron chi connectivity index (χ2n) is 2.84. The zero-order valence-electron chi connectivity index (χ0n) is 7.26. The summed E-state index contributed by atoms with van der Waals surface area (Å²) in [6, 6.07) is 0. The van der Waals surface area contributed by atoms with Gasteiger partial charge >= 0.3 is 29.6 Å². The molecule has 1 rings (SSSR count). The predicted molar refractivity (Wildman–Crippen MR) is 41.4 cm³/mol. The Morgan fingerprint density at radius 1 is 1.15 bits per heavy atom. The van der Waals surface area contributed by atoms with Crippen LogP contribution in [-0.4, -0.2) is 38.1 Å². The Bertz CT molecular complexity index is 342. The van der Waals surface area contributed by atoms with Crippen molar-refractivity contribution in [1.29, 1.82) is 0 Å². The number of sulfone groups is 1. The molecular weight excluding hydrogens is 227 g/mol. The summed E-state index contributed by atoms with van der Waals surface area (Å²) in [5.74, 6) is -0.363. The van der Waals surface area contributed by atoms with Crippen LogP contribution in [0.1, 0.15) is 12.8 Å². The Morgan fingerprint density at radius 3 is 1.85 bits per heavy atom. The summed E-state index contributed by atoms with van der Waals surface area (Å²) in [6.07, 6.45) is -0.0949. The Morgan fingerprint density at radius 2 is 1.54 bits per heavy atom. The van der Waals surface area contributed by atoms with Crippen molar-refractivity contribution in [2.75, 3.05) is 11.5 Å². The van der Waals surface area contributed by atoms with Crippen molar-refractivity contribution in [1.82, 2.24) is 0 Å². The van der Waals surface area contributed by atoms with Crippen molar-refractivity contribution in [3.05, 3.63) is 0 Å². The van der Waals surface area contributed by atoms with Crippen LogP contribution >= 0.6 is 0 Å². The van der Waals surface area contributed by atoms with Crippen molar-refractivity contribution in [3.63, 3.8) is 0 Å². The molecule has 1 fully saturated rings. The minimum absolute atomic E-state index is 0. The molecule has 1 aliphatic heterocycles. The van der Waals surface area contributed by atoms with Gasteiger partial charge in [0.15, 0.2) is 0 Å². The fourth-order valence-electron chi connectivity index (χ4n) is 1.16. The molecule has 1 aliphatic rings. The first kappa shape index (κ1) is 13.9. The third-order valence-corrected chi connectivity index (χ3v) is 4.91. The van der Waals surface area contributed by atoms with E-state index in [-0.39, 0.29) is 53.9 Å². The first-order valence-electron chi connectivity index (χ1n) is 3.46. The van der Waals surface area contributed by atoms with Crippen LogP contribution in [0.4, 0.5) is 0 Å². The molecule has 0 bridgehead atoms. The molecule has 1 saturated heterocycles. The van der Waals surface area contributed by atoms with E-state index in [1.165, 1.54) is 0 Å². The van der Waals surface area contributed by atoms with Crippen LogP contribution in [-0.2, 0) is 20.0 Å². The Hall–Kier alpha value is 0.860. The zero-order valence-corrected chi connectivity index (χ0v) is 10.9. The quantitative estimate of drug-likeness (QED) is 0.343. The van der Waals surface area contributed by atoms with Gasteiger partial charge < -0.3 is 4.55 Å². The first-order chi connectivity index (χ1) is 5.31. The van der Waals surface area contributed by atoms with E-state index in [0.717, 1.165) is 0 Å². The molecule has 0 spiro atoms. The van der Waals surface area contributed by atoms with E-state index < -0.39 is 25.2 Å². The Balaban J connectivity index is 0.00000144. The van der Waals surface area contributed by atoms with Crippen molar-refractivity contribution in [2.24, 2.45) is 0 Å². The van der Waals surface area contributed by atoms with Gasteiger partial charge in [-0.1, -0.05) is 0 Å². The first-order valence-corrected chi connectivity index (χ1v) is 6.76. The predicted octanol–water partition coefficient (Wildman–Crippen LogP) is -3.89. The van der Waals surface area contributed by atoms with E-state index in [0.29, 0.717) is 0 Å². The molecule has 0 aromatic heterocycles. The number of rotatable bonds is 1. The van der Waals surface area contributed by atoms with Gasteiger partial charge in [-0.15, -0.1) is 0 Å². The number of hydrogen-bond donors (Lipinski definition) is 0. The van der Waals surface area contributed by atoms with Crippen LogP contribution in [0.3, 0.4) is 0 Å². The minimum atomic E-state index is -4.29. The molecule has 0 aliphatic carbocycles. The van der Waals surface area contributed by atoms with Gasteiger partial charge in [-0.2, -0.15) is 0 Å². The van der Waals surface area contributed by atoms with E-state index in [2.05, 4.69) is 0 Å². The van der Waals surface area contributed by atoms with Gasteiger partial charge in [0.05, 0.1) is 26.9 Å². The zero-order chi connectivity index (χ0) is 9.41. The van der Waals surface area contributed by atoms with Crippen LogP contribution in [0.2, 0.25) is 0 Å². The van der Waals surface area contributed by atoms with Crippen molar-refractivity contribution < 1.29 is 50.9 Å². The fourth-order valence-corrected chi connectivity index (χ4v) is 3.76. The maximum atomic E-state index is 10.8. The van der Waals surface area contributed by atoms with Gasteiger partial charge in [-0.3, -0.25) is 0 Å². The van der Waals surface area contributed by atoms with E-state index in [9.17, 15) is 21.4 Å². The summed E-state index contributed by atoms with van der Waals surface area (Å²) in [5, 5.41) is -0.999. The molecular formula is C5H9NaO5S2. The summed E-state index contributed by atoms with van der Waals surface area (Å²) in [4.78, 5) is 0. The van der Waals surface area contributed by atoms with Gasteiger partial charge in [0.2, 0.25) is 0 Å². The smallest absolute Gasteiger partial charge is 0.748 e. The van der Waals surface area contributed by atoms with Gasteiger partial charge in [0.1, 0.15) is 9.84 Å². The molecule has 1 heterocycles. The van der Waals surface area contributed by atoms with Crippen LogP contribution < -0.4 is 29.6 Å². The molecule has 0 unspecified atom stereocenters. The van der Waals surface area contributed by atoms with Gasteiger partial charge in [-0.25, -0.2) is 16.8 Å². The second-order valence-corrected chi connectivity index (χ2v) is 6.80. The Kier molecular flexibility index (Phi) is 4.89. The normalized spacial score (nSPS) is 23.5. The largest absolute Gasteiger partial charge is 1.00 e. The van der Waals surface area contributed by atoms with Gasteiger partial charge in [0.25, 0.3) is 0 Å². The molecule has 13 heavy (non-hydrogen) atoms. The molecule has 5 nitrogen and oxygen atoms in total. The minimum Gasteiger partial charge on any atom is -0.748 e. The summed E-state index contributed by atoms with van der Waals surface area (Å²) < 4.78 is 53.0. The van der Waals surface area contributed by atoms with Crippen LogP contribution in [0.25, 0.3) is 0 Å². The van der Waals surface area contributed by atoms with Crippen LogP contribution in [0.5, 0.6) is 0 Å². The molecule has 0 atom stereocenters. The van der Waals surface area contributed by atoms with E-state index >= 15 is 0 Å². The molecule has 0 aromatic rings. The van der Waals surface area contributed by atoms with Crippen molar-refractivity contribution in [2.45, 2.75) is 18.1 Å². The average Bonchev–Trinajstić information content (AvgIpc) is 1.83. The fraction of sp³-hybridized carbons (Fsp3) is 1.00.